The third-order valence-corrected chi connectivity index (χ3v) is 3.66. The van der Waals surface area contributed by atoms with Crippen molar-refractivity contribution < 1.29 is 13.9 Å². The Morgan fingerprint density at radius 3 is 2.48 bits per heavy atom. The van der Waals surface area contributed by atoms with Gasteiger partial charge in [0.2, 0.25) is 0 Å². The molecular formula is C15H12Cl2FNO2. The van der Waals surface area contributed by atoms with Gasteiger partial charge in [-0.1, -0.05) is 29.3 Å². The summed E-state index contributed by atoms with van der Waals surface area (Å²) < 4.78 is 24.7. The van der Waals surface area contributed by atoms with Gasteiger partial charge in [0.1, 0.15) is 19.0 Å². The topological polar surface area (TPSA) is 30.5 Å². The predicted molar refractivity (Wildman–Crippen MR) is 81.2 cm³/mol. The number of benzene rings is 2. The van der Waals surface area contributed by atoms with Crippen molar-refractivity contribution in [1.82, 2.24) is 0 Å². The van der Waals surface area contributed by atoms with Crippen molar-refractivity contribution >= 4 is 28.9 Å². The Bertz CT molecular complexity index is 679. The molecular weight excluding hydrogens is 316 g/mol. The minimum Gasteiger partial charge on any atom is -0.486 e. The van der Waals surface area contributed by atoms with Crippen LogP contribution in [0.5, 0.6) is 11.5 Å². The molecule has 0 amide bonds. The van der Waals surface area contributed by atoms with Crippen molar-refractivity contribution in [2.45, 2.75) is 6.54 Å². The van der Waals surface area contributed by atoms with Gasteiger partial charge in [-0.05, 0) is 12.1 Å². The van der Waals surface area contributed by atoms with E-state index >= 15 is 0 Å². The Hall–Kier alpha value is -1.65. The molecule has 3 rings (SSSR count). The largest absolute Gasteiger partial charge is 0.486 e. The summed E-state index contributed by atoms with van der Waals surface area (Å²) in [5, 5.41) is 3.95. The molecule has 2 aromatic rings. The van der Waals surface area contributed by atoms with E-state index in [1.165, 1.54) is 6.07 Å². The summed E-state index contributed by atoms with van der Waals surface area (Å²) in [5.74, 6) is 0.892. The van der Waals surface area contributed by atoms with Crippen LogP contribution in [0.25, 0.3) is 0 Å². The quantitative estimate of drug-likeness (QED) is 0.899. The molecule has 1 N–H and O–H groups in total. The summed E-state index contributed by atoms with van der Waals surface area (Å²) in [6, 6.07) is 8.01. The second kappa shape index (κ2) is 6.00. The number of hydrogen-bond donors (Lipinski definition) is 1. The van der Waals surface area contributed by atoms with Crippen molar-refractivity contribution in [3.8, 4) is 11.5 Å². The van der Waals surface area contributed by atoms with E-state index in [2.05, 4.69) is 5.32 Å². The van der Waals surface area contributed by atoms with E-state index in [9.17, 15) is 4.39 Å². The maximum atomic E-state index is 13.7. The molecule has 0 spiro atoms. The Balaban J connectivity index is 1.78. The van der Waals surface area contributed by atoms with Crippen LogP contribution >= 0.6 is 23.2 Å². The number of fused-ring (bicyclic) bond motifs is 1. The van der Waals surface area contributed by atoms with Gasteiger partial charge in [-0.25, -0.2) is 4.39 Å². The first-order chi connectivity index (χ1) is 10.1. The van der Waals surface area contributed by atoms with Crippen LogP contribution in [0.4, 0.5) is 10.1 Å². The molecule has 1 heterocycles. The average Bonchev–Trinajstić information content (AvgIpc) is 2.46. The van der Waals surface area contributed by atoms with Crippen molar-refractivity contribution in [2.24, 2.45) is 0 Å². The van der Waals surface area contributed by atoms with E-state index < -0.39 is 0 Å². The molecule has 1 aliphatic rings. The summed E-state index contributed by atoms with van der Waals surface area (Å²) in [6.45, 7) is 1.30. The molecule has 0 fully saturated rings. The summed E-state index contributed by atoms with van der Waals surface area (Å²) >= 11 is 11.9. The van der Waals surface area contributed by atoms with Crippen LogP contribution in [0, 0.1) is 5.82 Å². The summed E-state index contributed by atoms with van der Waals surface area (Å²) in [6.07, 6.45) is 0. The van der Waals surface area contributed by atoms with Gasteiger partial charge in [-0.2, -0.15) is 0 Å². The van der Waals surface area contributed by atoms with Gasteiger partial charge in [0.25, 0.3) is 0 Å². The summed E-state index contributed by atoms with van der Waals surface area (Å²) in [7, 11) is 0. The lowest BCUT2D eigenvalue weighted by Gasteiger charge is -2.20. The fourth-order valence-electron chi connectivity index (χ4n) is 2.05. The second-order valence-electron chi connectivity index (χ2n) is 4.56. The number of ether oxygens (including phenoxy) is 2. The van der Waals surface area contributed by atoms with Crippen molar-refractivity contribution in [2.75, 3.05) is 18.5 Å². The third-order valence-electron chi connectivity index (χ3n) is 3.12. The van der Waals surface area contributed by atoms with E-state index in [0.29, 0.717) is 52.6 Å². The van der Waals surface area contributed by atoms with E-state index in [-0.39, 0.29) is 5.82 Å². The molecule has 110 valence electrons. The number of hydrogen-bond acceptors (Lipinski definition) is 3. The van der Waals surface area contributed by atoms with Crippen LogP contribution in [-0.4, -0.2) is 13.2 Å². The van der Waals surface area contributed by atoms with Crippen molar-refractivity contribution in [1.29, 1.82) is 0 Å². The standard InChI is InChI=1S/C15H12Cl2FNO2/c16-10-2-1-9(12(18)5-10)8-19-13-7-15-14(6-11(13)17)20-3-4-21-15/h1-2,5-7,19H,3-4,8H2. The van der Waals surface area contributed by atoms with Gasteiger partial charge in [0, 0.05) is 29.3 Å². The fourth-order valence-corrected chi connectivity index (χ4v) is 2.43. The van der Waals surface area contributed by atoms with E-state index in [0.717, 1.165) is 0 Å². The molecule has 2 aromatic carbocycles. The zero-order valence-corrected chi connectivity index (χ0v) is 12.5. The maximum absolute atomic E-state index is 13.7. The smallest absolute Gasteiger partial charge is 0.163 e. The molecule has 21 heavy (non-hydrogen) atoms. The van der Waals surface area contributed by atoms with Crippen LogP contribution in [0.2, 0.25) is 10.0 Å². The molecule has 0 unspecified atom stereocenters. The maximum Gasteiger partial charge on any atom is 0.163 e. The SMILES string of the molecule is Fc1cc(Cl)ccc1CNc1cc2c(cc1Cl)OCCO2. The van der Waals surface area contributed by atoms with Gasteiger partial charge < -0.3 is 14.8 Å². The number of rotatable bonds is 3. The van der Waals surface area contributed by atoms with Gasteiger partial charge in [-0.3, -0.25) is 0 Å². The highest BCUT2D eigenvalue weighted by Gasteiger charge is 2.15. The van der Waals surface area contributed by atoms with E-state index in [4.69, 9.17) is 32.7 Å². The van der Waals surface area contributed by atoms with Crippen LogP contribution in [0.3, 0.4) is 0 Å². The number of nitrogens with one attached hydrogen (secondary N) is 1. The Morgan fingerprint density at radius 2 is 1.76 bits per heavy atom. The first kappa shape index (κ1) is 14.3. The Labute approximate surface area is 131 Å². The van der Waals surface area contributed by atoms with Gasteiger partial charge >= 0.3 is 0 Å². The molecule has 0 aliphatic carbocycles. The molecule has 0 saturated carbocycles. The lowest BCUT2D eigenvalue weighted by molar-refractivity contribution is 0.171. The molecule has 0 bridgehead atoms. The highest BCUT2D eigenvalue weighted by molar-refractivity contribution is 6.33. The van der Waals surface area contributed by atoms with Crippen LogP contribution in [-0.2, 0) is 6.54 Å². The zero-order chi connectivity index (χ0) is 14.8. The number of anilines is 1. The van der Waals surface area contributed by atoms with Crippen LogP contribution in [0.15, 0.2) is 30.3 Å². The highest BCUT2D eigenvalue weighted by Crippen LogP contribution is 2.38. The monoisotopic (exact) mass is 327 g/mol. The third kappa shape index (κ3) is 3.17. The predicted octanol–water partition coefficient (Wildman–Crippen LogP) is 4.52. The summed E-state index contributed by atoms with van der Waals surface area (Å²) in [5.41, 5.74) is 1.17. The molecule has 6 heteroatoms. The average molecular weight is 328 g/mol. The molecule has 0 radical (unpaired) electrons. The molecule has 0 atom stereocenters. The first-order valence-corrected chi connectivity index (χ1v) is 7.16. The molecule has 3 nitrogen and oxygen atoms in total. The fraction of sp³-hybridized carbons (Fsp3) is 0.200. The molecule has 0 aromatic heterocycles. The summed E-state index contributed by atoms with van der Waals surface area (Å²) in [4.78, 5) is 0. The van der Waals surface area contributed by atoms with Gasteiger partial charge in [-0.15, -0.1) is 0 Å². The Morgan fingerprint density at radius 1 is 1.05 bits per heavy atom. The highest BCUT2D eigenvalue weighted by atomic mass is 35.5. The minimum atomic E-state index is -0.358. The van der Waals surface area contributed by atoms with Crippen LogP contribution < -0.4 is 14.8 Å². The first-order valence-electron chi connectivity index (χ1n) is 6.40. The van der Waals surface area contributed by atoms with Crippen LogP contribution in [0.1, 0.15) is 5.56 Å². The van der Waals surface area contributed by atoms with Crippen molar-refractivity contribution in [3.63, 3.8) is 0 Å². The Kier molecular flexibility index (Phi) is 4.08. The molecule has 0 saturated heterocycles. The normalized spacial score (nSPS) is 13.1. The lowest BCUT2D eigenvalue weighted by atomic mass is 10.2. The number of halogens is 3. The van der Waals surface area contributed by atoms with Crippen molar-refractivity contribution in [3.05, 3.63) is 51.8 Å². The molecule has 1 aliphatic heterocycles. The minimum absolute atomic E-state index is 0.294. The van der Waals surface area contributed by atoms with E-state index in [1.54, 1.807) is 24.3 Å². The van der Waals surface area contributed by atoms with Gasteiger partial charge in [0.15, 0.2) is 11.5 Å². The van der Waals surface area contributed by atoms with Gasteiger partial charge in [0.05, 0.1) is 10.7 Å². The van der Waals surface area contributed by atoms with E-state index in [1.807, 2.05) is 0 Å². The zero-order valence-electron chi connectivity index (χ0n) is 11.0. The second-order valence-corrected chi connectivity index (χ2v) is 5.41. The lowest BCUT2D eigenvalue weighted by Crippen LogP contribution is -2.15.